The number of allylic oxidation sites excluding steroid dienone is 1. The standard InChI is InChI=1S/C24H28N2O/c27-24(25-16-19-6-2-1-3-7-19)22-12-10-20(11-13-22)17-26-15-14-21-8-4-5-9-23(21)18-26/h4-6,8-13H,1-3,7,14-18H2,(H,25,27). The molecular formula is C24H28N2O. The zero-order valence-corrected chi connectivity index (χ0v) is 15.9. The van der Waals surface area contributed by atoms with Gasteiger partial charge in [-0.05, 0) is 60.9 Å². The summed E-state index contributed by atoms with van der Waals surface area (Å²) in [6.45, 7) is 3.72. The van der Waals surface area contributed by atoms with Crippen LogP contribution in [0, 0.1) is 0 Å². The first-order valence-corrected chi connectivity index (χ1v) is 10.1. The van der Waals surface area contributed by atoms with Crippen LogP contribution in [0.3, 0.4) is 0 Å². The molecule has 2 aliphatic rings. The molecule has 2 aromatic carbocycles. The number of rotatable bonds is 5. The predicted molar refractivity (Wildman–Crippen MR) is 110 cm³/mol. The molecule has 0 fully saturated rings. The van der Waals surface area contributed by atoms with Crippen LogP contribution in [0.25, 0.3) is 0 Å². The van der Waals surface area contributed by atoms with Crippen molar-refractivity contribution < 1.29 is 4.79 Å². The number of fused-ring (bicyclic) bond motifs is 1. The third kappa shape index (κ3) is 4.67. The Morgan fingerprint density at radius 2 is 1.78 bits per heavy atom. The maximum atomic E-state index is 12.4. The summed E-state index contributed by atoms with van der Waals surface area (Å²) in [4.78, 5) is 14.9. The quantitative estimate of drug-likeness (QED) is 0.798. The summed E-state index contributed by atoms with van der Waals surface area (Å²) < 4.78 is 0. The maximum absolute atomic E-state index is 12.4. The lowest BCUT2D eigenvalue weighted by Gasteiger charge is -2.28. The number of carbonyl (C=O) groups excluding carboxylic acids is 1. The van der Waals surface area contributed by atoms with Crippen molar-refractivity contribution in [3.8, 4) is 0 Å². The van der Waals surface area contributed by atoms with Gasteiger partial charge in [-0.25, -0.2) is 0 Å². The third-order valence-electron chi connectivity index (χ3n) is 5.69. The predicted octanol–water partition coefficient (Wildman–Crippen LogP) is 4.48. The van der Waals surface area contributed by atoms with E-state index in [9.17, 15) is 4.79 Å². The van der Waals surface area contributed by atoms with E-state index in [1.807, 2.05) is 12.1 Å². The summed E-state index contributed by atoms with van der Waals surface area (Å²) in [5.41, 5.74) is 6.31. The van der Waals surface area contributed by atoms with E-state index in [2.05, 4.69) is 52.7 Å². The van der Waals surface area contributed by atoms with Crippen LogP contribution >= 0.6 is 0 Å². The second kappa shape index (κ2) is 8.53. The number of benzene rings is 2. The number of nitrogens with zero attached hydrogens (tertiary/aromatic N) is 1. The summed E-state index contributed by atoms with van der Waals surface area (Å²) >= 11 is 0. The lowest BCUT2D eigenvalue weighted by Crippen LogP contribution is -2.30. The normalized spacial score (nSPS) is 17.1. The van der Waals surface area contributed by atoms with E-state index in [-0.39, 0.29) is 5.91 Å². The van der Waals surface area contributed by atoms with Crippen LogP contribution in [0.1, 0.15) is 52.7 Å². The van der Waals surface area contributed by atoms with E-state index in [4.69, 9.17) is 0 Å². The molecule has 3 nitrogen and oxygen atoms in total. The van der Waals surface area contributed by atoms with Gasteiger partial charge in [-0.15, -0.1) is 0 Å². The second-order valence-corrected chi connectivity index (χ2v) is 7.72. The van der Waals surface area contributed by atoms with Crippen molar-refractivity contribution in [3.05, 3.63) is 82.4 Å². The molecule has 0 radical (unpaired) electrons. The first-order valence-electron chi connectivity index (χ1n) is 10.1. The Bertz CT molecular complexity index is 823. The lowest BCUT2D eigenvalue weighted by atomic mass is 9.99. The van der Waals surface area contributed by atoms with Gasteiger partial charge in [0.15, 0.2) is 0 Å². The lowest BCUT2D eigenvalue weighted by molar-refractivity contribution is 0.0956. The summed E-state index contributed by atoms with van der Waals surface area (Å²) in [6, 6.07) is 16.8. The SMILES string of the molecule is O=C(NCC1=CCCCC1)c1ccc(CN2CCc3ccccc3C2)cc1. The monoisotopic (exact) mass is 360 g/mol. The molecule has 2 aromatic rings. The van der Waals surface area contributed by atoms with E-state index >= 15 is 0 Å². The van der Waals surface area contributed by atoms with E-state index in [0.717, 1.165) is 44.5 Å². The van der Waals surface area contributed by atoms with Gasteiger partial charge in [0.25, 0.3) is 5.91 Å². The minimum absolute atomic E-state index is 0.0277. The number of hydrogen-bond acceptors (Lipinski definition) is 2. The van der Waals surface area contributed by atoms with Crippen LogP contribution < -0.4 is 5.32 Å². The van der Waals surface area contributed by atoms with E-state index in [1.54, 1.807) is 0 Å². The fourth-order valence-electron chi connectivity index (χ4n) is 4.07. The fraction of sp³-hybridized carbons (Fsp3) is 0.375. The topological polar surface area (TPSA) is 32.3 Å². The zero-order chi connectivity index (χ0) is 18.5. The molecule has 1 amide bonds. The van der Waals surface area contributed by atoms with Crippen molar-refractivity contribution in [2.75, 3.05) is 13.1 Å². The van der Waals surface area contributed by atoms with Crippen LogP contribution in [0.2, 0.25) is 0 Å². The molecule has 140 valence electrons. The highest BCUT2D eigenvalue weighted by atomic mass is 16.1. The van der Waals surface area contributed by atoms with Crippen molar-refractivity contribution >= 4 is 5.91 Å². The van der Waals surface area contributed by atoms with Gasteiger partial charge in [0.1, 0.15) is 0 Å². The average Bonchev–Trinajstić information content (AvgIpc) is 2.73. The molecule has 1 aliphatic carbocycles. The molecule has 1 heterocycles. The average molecular weight is 361 g/mol. The minimum Gasteiger partial charge on any atom is -0.348 e. The molecule has 1 N–H and O–H groups in total. The molecule has 0 bridgehead atoms. The van der Waals surface area contributed by atoms with Crippen molar-refractivity contribution in [2.45, 2.75) is 45.2 Å². The minimum atomic E-state index is 0.0277. The molecule has 1 aliphatic heterocycles. The van der Waals surface area contributed by atoms with Crippen molar-refractivity contribution in [1.29, 1.82) is 0 Å². The maximum Gasteiger partial charge on any atom is 0.251 e. The van der Waals surface area contributed by atoms with Crippen molar-refractivity contribution in [3.63, 3.8) is 0 Å². The van der Waals surface area contributed by atoms with E-state index < -0.39 is 0 Å². The van der Waals surface area contributed by atoms with Gasteiger partial charge in [-0.1, -0.05) is 48.0 Å². The van der Waals surface area contributed by atoms with Crippen LogP contribution in [0.15, 0.2) is 60.2 Å². The van der Waals surface area contributed by atoms with Crippen LogP contribution in [-0.2, 0) is 19.5 Å². The Hall–Kier alpha value is -2.39. The smallest absolute Gasteiger partial charge is 0.251 e. The van der Waals surface area contributed by atoms with E-state index in [0.29, 0.717) is 6.54 Å². The third-order valence-corrected chi connectivity index (χ3v) is 5.69. The molecule has 0 aromatic heterocycles. The Morgan fingerprint density at radius 1 is 0.963 bits per heavy atom. The summed E-state index contributed by atoms with van der Waals surface area (Å²) in [6.07, 6.45) is 8.20. The second-order valence-electron chi connectivity index (χ2n) is 7.72. The largest absolute Gasteiger partial charge is 0.348 e. The molecule has 3 heteroatoms. The van der Waals surface area contributed by atoms with Crippen LogP contribution in [0.4, 0.5) is 0 Å². The zero-order valence-electron chi connectivity index (χ0n) is 15.9. The molecular weight excluding hydrogens is 332 g/mol. The molecule has 0 saturated carbocycles. The number of hydrogen-bond donors (Lipinski definition) is 1. The van der Waals surface area contributed by atoms with Gasteiger partial charge in [0.05, 0.1) is 0 Å². The van der Waals surface area contributed by atoms with E-state index in [1.165, 1.54) is 35.1 Å². The van der Waals surface area contributed by atoms with Gasteiger partial charge in [-0.3, -0.25) is 9.69 Å². The molecule has 0 saturated heterocycles. The van der Waals surface area contributed by atoms with Gasteiger partial charge >= 0.3 is 0 Å². The molecule has 0 atom stereocenters. The van der Waals surface area contributed by atoms with Crippen LogP contribution in [0.5, 0.6) is 0 Å². The summed E-state index contributed by atoms with van der Waals surface area (Å²) in [5, 5.41) is 3.06. The molecule has 27 heavy (non-hydrogen) atoms. The molecule has 0 spiro atoms. The Balaban J connectivity index is 1.31. The Labute approximate surface area is 162 Å². The number of nitrogens with one attached hydrogen (secondary N) is 1. The van der Waals surface area contributed by atoms with Crippen molar-refractivity contribution in [1.82, 2.24) is 10.2 Å². The molecule has 0 unspecified atom stereocenters. The van der Waals surface area contributed by atoms with Gasteiger partial charge < -0.3 is 5.32 Å². The van der Waals surface area contributed by atoms with Crippen molar-refractivity contribution in [2.24, 2.45) is 0 Å². The molecule has 4 rings (SSSR count). The first kappa shape index (κ1) is 18.0. The summed E-state index contributed by atoms with van der Waals surface area (Å²) in [5.74, 6) is 0.0277. The first-order chi connectivity index (χ1) is 13.3. The van der Waals surface area contributed by atoms with Gasteiger partial charge in [-0.2, -0.15) is 0 Å². The van der Waals surface area contributed by atoms with Crippen LogP contribution in [-0.4, -0.2) is 23.9 Å². The Kier molecular flexibility index (Phi) is 5.69. The highest BCUT2D eigenvalue weighted by Crippen LogP contribution is 2.20. The summed E-state index contributed by atoms with van der Waals surface area (Å²) in [7, 11) is 0. The number of amides is 1. The number of carbonyl (C=O) groups is 1. The van der Waals surface area contributed by atoms with Gasteiger partial charge in [0, 0.05) is 31.7 Å². The Morgan fingerprint density at radius 3 is 2.56 bits per heavy atom. The highest BCUT2D eigenvalue weighted by Gasteiger charge is 2.16. The van der Waals surface area contributed by atoms with Gasteiger partial charge in [0.2, 0.25) is 0 Å². The highest BCUT2D eigenvalue weighted by molar-refractivity contribution is 5.94. The fourth-order valence-corrected chi connectivity index (χ4v) is 4.07.